The molecule has 2 nitrogen and oxygen atoms in total. The van der Waals surface area contributed by atoms with Gasteiger partial charge in [0.25, 0.3) is 0 Å². The first kappa shape index (κ1) is 12.4. The molecule has 1 heterocycles. The highest BCUT2D eigenvalue weighted by molar-refractivity contribution is 7.19. The van der Waals surface area contributed by atoms with E-state index in [-0.39, 0.29) is 5.92 Å². The van der Waals surface area contributed by atoms with Gasteiger partial charge in [0.2, 0.25) is 0 Å². The molecular weight excluding hydrogens is 256 g/mol. The number of halogens is 1. The van der Waals surface area contributed by atoms with E-state index in [9.17, 15) is 9.90 Å². The van der Waals surface area contributed by atoms with Crippen LogP contribution < -0.4 is 0 Å². The molecule has 1 aromatic carbocycles. The standard InChI is InChI=1S/C13H13ClO2S/c1-7(2)12(13(15)16)11-6-8-9(14)4-3-5-10(8)17-11/h3-7,12H,1-2H3,(H,15,16). The van der Waals surface area contributed by atoms with Crippen LogP contribution in [-0.4, -0.2) is 11.1 Å². The van der Waals surface area contributed by atoms with Gasteiger partial charge in [0.15, 0.2) is 0 Å². The lowest BCUT2D eigenvalue weighted by Crippen LogP contribution is -2.16. The Morgan fingerprint density at radius 1 is 1.41 bits per heavy atom. The van der Waals surface area contributed by atoms with Crippen LogP contribution in [0.1, 0.15) is 24.6 Å². The molecule has 0 saturated carbocycles. The number of benzene rings is 1. The molecule has 1 atom stereocenters. The lowest BCUT2D eigenvalue weighted by Gasteiger charge is -2.13. The molecule has 17 heavy (non-hydrogen) atoms. The molecule has 1 unspecified atom stereocenters. The first-order valence-electron chi connectivity index (χ1n) is 5.41. The quantitative estimate of drug-likeness (QED) is 0.897. The van der Waals surface area contributed by atoms with Gasteiger partial charge in [-0.1, -0.05) is 31.5 Å². The summed E-state index contributed by atoms with van der Waals surface area (Å²) in [4.78, 5) is 12.1. The Labute approximate surface area is 109 Å². The number of carboxylic acids is 1. The minimum atomic E-state index is -0.775. The third kappa shape index (κ3) is 2.31. The van der Waals surface area contributed by atoms with Gasteiger partial charge in [0.05, 0.1) is 5.92 Å². The highest BCUT2D eigenvalue weighted by atomic mass is 35.5. The van der Waals surface area contributed by atoms with E-state index in [0.29, 0.717) is 5.02 Å². The van der Waals surface area contributed by atoms with Crippen LogP contribution in [0.2, 0.25) is 5.02 Å². The van der Waals surface area contributed by atoms with Crippen molar-refractivity contribution < 1.29 is 9.90 Å². The Hall–Kier alpha value is -1.06. The Balaban J connectivity index is 2.55. The molecule has 4 heteroatoms. The zero-order chi connectivity index (χ0) is 12.6. The fourth-order valence-electron chi connectivity index (χ4n) is 1.93. The summed E-state index contributed by atoms with van der Waals surface area (Å²) in [6, 6.07) is 7.58. The molecule has 90 valence electrons. The van der Waals surface area contributed by atoms with Crippen molar-refractivity contribution in [3.63, 3.8) is 0 Å². The fraction of sp³-hybridized carbons (Fsp3) is 0.308. The van der Waals surface area contributed by atoms with Gasteiger partial charge >= 0.3 is 5.97 Å². The SMILES string of the molecule is CC(C)C(C(=O)O)c1cc2c(Cl)cccc2s1. The first-order valence-corrected chi connectivity index (χ1v) is 6.61. The van der Waals surface area contributed by atoms with Gasteiger partial charge < -0.3 is 5.11 Å². The molecule has 1 N–H and O–H groups in total. The number of fused-ring (bicyclic) bond motifs is 1. The zero-order valence-corrected chi connectivity index (χ0v) is 11.2. The third-order valence-electron chi connectivity index (χ3n) is 2.77. The van der Waals surface area contributed by atoms with Gasteiger partial charge in [0, 0.05) is 20.0 Å². The molecule has 0 aliphatic heterocycles. The number of carbonyl (C=O) groups is 1. The molecule has 0 bridgehead atoms. The molecule has 0 radical (unpaired) electrons. The molecule has 0 aliphatic carbocycles. The van der Waals surface area contributed by atoms with E-state index in [4.69, 9.17) is 11.6 Å². The summed E-state index contributed by atoms with van der Waals surface area (Å²) < 4.78 is 1.04. The van der Waals surface area contributed by atoms with E-state index in [1.54, 1.807) is 0 Å². The average molecular weight is 269 g/mol. The zero-order valence-electron chi connectivity index (χ0n) is 9.61. The predicted octanol–water partition coefficient (Wildman–Crippen LogP) is 4.38. The second-order valence-electron chi connectivity index (χ2n) is 4.36. The molecule has 2 rings (SSSR count). The largest absolute Gasteiger partial charge is 0.481 e. The van der Waals surface area contributed by atoms with E-state index < -0.39 is 11.9 Å². The first-order chi connectivity index (χ1) is 8.00. The number of hydrogen-bond acceptors (Lipinski definition) is 2. The molecular formula is C13H13ClO2S. The summed E-state index contributed by atoms with van der Waals surface area (Å²) in [6.45, 7) is 3.84. The Morgan fingerprint density at radius 3 is 2.65 bits per heavy atom. The lowest BCUT2D eigenvalue weighted by atomic mass is 9.94. The lowest BCUT2D eigenvalue weighted by molar-refractivity contribution is -0.139. The van der Waals surface area contributed by atoms with E-state index in [1.165, 1.54) is 11.3 Å². The molecule has 0 aliphatic rings. The molecule has 0 amide bonds. The summed E-state index contributed by atoms with van der Waals surface area (Å²) in [6.07, 6.45) is 0. The van der Waals surface area contributed by atoms with Crippen LogP contribution in [0, 0.1) is 5.92 Å². The number of thiophene rings is 1. The Bertz CT molecular complexity index is 560. The molecule has 2 aromatic rings. The van der Waals surface area contributed by atoms with Crippen LogP contribution in [0.5, 0.6) is 0 Å². The highest BCUT2D eigenvalue weighted by Crippen LogP contribution is 2.37. The summed E-state index contributed by atoms with van der Waals surface area (Å²) in [5.74, 6) is -1.16. The van der Waals surface area contributed by atoms with Gasteiger partial charge in [-0.3, -0.25) is 4.79 Å². The van der Waals surface area contributed by atoms with E-state index in [0.717, 1.165) is 15.0 Å². The van der Waals surface area contributed by atoms with Crippen molar-refractivity contribution >= 4 is 39.0 Å². The van der Waals surface area contributed by atoms with Gasteiger partial charge in [-0.15, -0.1) is 11.3 Å². The van der Waals surface area contributed by atoms with Crippen LogP contribution >= 0.6 is 22.9 Å². The van der Waals surface area contributed by atoms with Gasteiger partial charge in [-0.2, -0.15) is 0 Å². The maximum absolute atomic E-state index is 11.3. The maximum atomic E-state index is 11.3. The van der Waals surface area contributed by atoms with E-state index in [2.05, 4.69) is 0 Å². The van der Waals surface area contributed by atoms with Crippen LogP contribution in [0.4, 0.5) is 0 Å². The smallest absolute Gasteiger partial charge is 0.312 e. The Morgan fingerprint density at radius 2 is 2.12 bits per heavy atom. The summed E-state index contributed by atoms with van der Waals surface area (Å²) in [5, 5.41) is 10.9. The van der Waals surface area contributed by atoms with Crippen molar-refractivity contribution in [2.75, 3.05) is 0 Å². The normalized spacial score (nSPS) is 13.2. The van der Waals surface area contributed by atoms with Crippen molar-refractivity contribution in [2.45, 2.75) is 19.8 Å². The molecule has 0 saturated heterocycles. The summed E-state index contributed by atoms with van der Waals surface area (Å²) in [7, 11) is 0. The van der Waals surface area contributed by atoms with Crippen LogP contribution in [0.3, 0.4) is 0 Å². The highest BCUT2D eigenvalue weighted by Gasteiger charge is 2.25. The Kier molecular flexibility index (Phi) is 3.40. The van der Waals surface area contributed by atoms with Crippen molar-refractivity contribution in [2.24, 2.45) is 5.92 Å². The number of hydrogen-bond donors (Lipinski definition) is 1. The molecule has 0 fully saturated rings. The minimum Gasteiger partial charge on any atom is -0.481 e. The fourth-order valence-corrected chi connectivity index (χ4v) is 3.57. The summed E-state index contributed by atoms with van der Waals surface area (Å²) >= 11 is 7.60. The molecule has 0 spiro atoms. The van der Waals surface area contributed by atoms with E-state index in [1.807, 2.05) is 38.1 Å². The van der Waals surface area contributed by atoms with Crippen molar-refractivity contribution in [1.29, 1.82) is 0 Å². The second-order valence-corrected chi connectivity index (χ2v) is 5.88. The van der Waals surface area contributed by atoms with E-state index >= 15 is 0 Å². The van der Waals surface area contributed by atoms with Crippen molar-refractivity contribution in [3.8, 4) is 0 Å². The average Bonchev–Trinajstić information content (AvgIpc) is 2.61. The topological polar surface area (TPSA) is 37.3 Å². The van der Waals surface area contributed by atoms with Crippen LogP contribution in [0.15, 0.2) is 24.3 Å². The predicted molar refractivity (Wildman–Crippen MR) is 72.0 cm³/mol. The van der Waals surface area contributed by atoms with Crippen molar-refractivity contribution in [3.05, 3.63) is 34.2 Å². The summed E-state index contributed by atoms with van der Waals surface area (Å²) in [5.41, 5.74) is 0. The van der Waals surface area contributed by atoms with Gasteiger partial charge in [-0.25, -0.2) is 0 Å². The van der Waals surface area contributed by atoms with Gasteiger partial charge in [0.1, 0.15) is 0 Å². The molecule has 1 aromatic heterocycles. The maximum Gasteiger partial charge on any atom is 0.312 e. The number of carboxylic acid groups (broad SMARTS) is 1. The monoisotopic (exact) mass is 268 g/mol. The number of rotatable bonds is 3. The second kappa shape index (κ2) is 4.67. The van der Waals surface area contributed by atoms with Crippen molar-refractivity contribution in [1.82, 2.24) is 0 Å². The van der Waals surface area contributed by atoms with Crippen LogP contribution in [0.25, 0.3) is 10.1 Å². The number of aliphatic carboxylic acids is 1. The van der Waals surface area contributed by atoms with Crippen LogP contribution in [-0.2, 0) is 4.79 Å². The minimum absolute atomic E-state index is 0.0688. The third-order valence-corrected chi connectivity index (χ3v) is 4.28. The van der Waals surface area contributed by atoms with Gasteiger partial charge in [-0.05, 0) is 24.1 Å².